The van der Waals surface area contributed by atoms with Gasteiger partial charge in [0.1, 0.15) is 10.6 Å². The highest BCUT2D eigenvalue weighted by molar-refractivity contribution is 7.11. The van der Waals surface area contributed by atoms with Crippen LogP contribution in [0.4, 0.5) is 10.8 Å². The maximum absolute atomic E-state index is 11.8. The Bertz CT molecular complexity index is 433. The van der Waals surface area contributed by atoms with E-state index in [1.54, 1.807) is 6.92 Å². The summed E-state index contributed by atoms with van der Waals surface area (Å²) in [6.07, 6.45) is 3.47. The Balaban J connectivity index is 2.11. The predicted molar refractivity (Wildman–Crippen MR) is 72.9 cm³/mol. The van der Waals surface area contributed by atoms with E-state index in [2.05, 4.69) is 16.6 Å². The Morgan fingerprint density at radius 3 is 3.00 bits per heavy atom. The first kappa shape index (κ1) is 13.1. The van der Waals surface area contributed by atoms with Crippen LogP contribution in [0.5, 0.6) is 0 Å². The van der Waals surface area contributed by atoms with E-state index in [1.807, 2.05) is 0 Å². The van der Waals surface area contributed by atoms with Gasteiger partial charge in [0.25, 0.3) is 0 Å². The second kappa shape index (κ2) is 5.56. The van der Waals surface area contributed by atoms with Gasteiger partial charge in [-0.05, 0) is 43.6 Å². The number of hydrogen-bond donors (Lipinski definition) is 2. The number of ether oxygens (including phenoxy) is 1. The normalized spacial score (nSPS) is 23.0. The number of aromatic nitrogens is 1. The molecule has 100 valence electrons. The second-order valence-corrected chi connectivity index (χ2v) is 5.53. The van der Waals surface area contributed by atoms with Crippen molar-refractivity contribution in [3.63, 3.8) is 0 Å². The molecule has 1 saturated carbocycles. The molecule has 2 atom stereocenters. The molecule has 0 saturated heterocycles. The number of nitrogen functional groups attached to an aromatic ring is 1. The quantitative estimate of drug-likeness (QED) is 0.821. The van der Waals surface area contributed by atoms with Crippen molar-refractivity contribution in [3.05, 3.63) is 5.56 Å². The maximum Gasteiger partial charge on any atom is 0.344 e. The summed E-state index contributed by atoms with van der Waals surface area (Å²) in [5.74, 6) is 0.600. The van der Waals surface area contributed by atoms with E-state index in [9.17, 15) is 4.79 Å². The van der Waals surface area contributed by atoms with E-state index >= 15 is 0 Å². The third-order valence-corrected chi connectivity index (χ3v) is 4.02. The van der Waals surface area contributed by atoms with Gasteiger partial charge in [0.2, 0.25) is 0 Å². The van der Waals surface area contributed by atoms with Crippen LogP contribution in [0, 0.1) is 5.92 Å². The fourth-order valence-corrected chi connectivity index (χ4v) is 3.10. The molecular formula is C12H19N3O2S. The number of esters is 1. The number of nitrogens with zero attached hydrogens (tertiary/aromatic N) is 1. The summed E-state index contributed by atoms with van der Waals surface area (Å²) in [6, 6.07) is 0.410. The molecule has 3 N–H and O–H groups in total. The van der Waals surface area contributed by atoms with Gasteiger partial charge in [-0.15, -0.1) is 0 Å². The van der Waals surface area contributed by atoms with Crippen molar-refractivity contribution >= 4 is 28.3 Å². The molecule has 5 nitrogen and oxygen atoms in total. The number of hydrogen-bond acceptors (Lipinski definition) is 6. The number of carbonyl (C=O) groups is 1. The van der Waals surface area contributed by atoms with Crippen LogP contribution in [-0.2, 0) is 4.74 Å². The zero-order valence-electron chi connectivity index (χ0n) is 10.7. The lowest BCUT2D eigenvalue weighted by atomic mass is 10.1. The van der Waals surface area contributed by atoms with Gasteiger partial charge in [-0.2, -0.15) is 4.37 Å². The first-order chi connectivity index (χ1) is 8.61. The summed E-state index contributed by atoms with van der Waals surface area (Å²) in [6.45, 7) is 4.36. The number of rotatable bonds is 4. The molecule has 0 aromatic carbocycles. The maximum atomic E-state index is 11.8. The van der Waals surface area contributed by atoms with Gasteiger partial charge in [-0.1, -0.05) is 6.92 Å². The van der Waals surface area contributed by atoms with Crippen LogP contribution in [-0.4, -0.2) is 23.0 Å². The van der Waals surface area contributed by atoms with E-state index in [4.69, 9.17) is 10.5 Å². The highest BCUT2D eigenvalue weighted by atomic mass is 32.1. The lowest BCUT2D eigenvalue weighted by Gasteiger charge is -2.13. The lowest BCUT2D eigenvalue weighted by molar-refractivity contribution is 0.0529. The van der Waals surface area contributed by atoms with Crippen LogP contribution < -0.4 is 11.1 Å². The monoisotopic (exact) mass is 269 g/mol. The molecule has 0 amide bonds. The Labute approximate surface area is 111 Å². The highest BCUT2D eigenvalue weighted by Gasteiger charge is 2.26. The van der Waals surface area contributed by atoms with Gasteiger partial charge in [-0.25, -0.2) is 4.79 Å². The summed E-state index contributed by atoms with van der Waals surface area (Å²) in [4.78, 5) is 11.8. The van der Waals surface area contributed by atoms with Crippen LogP contribution in [0.3, 0.4) is 0 Å². The SMILES string of the molecule is CCOC(=O)c1c(N)nsc1NC1CCC(C)C1. The standard InChI is InChI=1S/C12H19N3O2S/c1-3-17-12(16)9-10(13)15-18-11(9)14-8-5-4-7(2)6-8/h7-8,14H,3-6H2,1-2H3,(H2,13,15). The largest absolute Gasteiger partial charge is 0.462 e. The third kappa shape index (κ3) is 2.75. The molecule has 0 radical (unpaired) electrons. The Morgan fingerprint density at radius 1 is 1.61 bits per heavy atom. The minimum absolute atomic E-state index is 0.256. The minimum atomic E-state index is -0.391. The molecule has 1 aromatic rings. The highest BCUT2D eigenvalue weighted by Crippen LogP contribution is 2.33. The van der Waals surface area contributed by atoms with Gasteiger partial charge >= 0.3 is 5.97 Å². The summed E-state index contributed by atoms with van der Waals surface area (Å²) >= 11 is 1.23. The topological polar surface area (TPSA) is 77.2 Å². The Morgan fingerprint density at radius 2 is 2.39 bits per heavy atom. The van der Waals surface area contributed by atoms with Crippen molar-refractivity contribution in [3.8, 4) is 0 Å². The van der Waals surface area contributed by atoms with E-state index < -0.39 is 5.97 Å². The fourth-order valence-electron chi connectivity index (χ4n) is 2.33. The van der Waals surface area contributed by atoms with Crippen molar-refractivity contribution in [2.24, 2.45) is 5.92 Å². The Kier molecular flexibility index (Phi) is 4.06. The van der Waals surface area contributed by atoms with E-state index in [1.165, 1.54) is 18.0 Å². The molecule has 1 fully saturated rings. The van der Waals surface area contributed by atoms with Gasteiger partial charge in [0.05, 0.1) is 6.61 Å². The van der Waals surface area contributed by atoms with Crippen LogP contribution in [0.1, 0.15) is 43.5 Å². The number of nitrogens with two attached hydrogens (primary N) is 1. The van der Waals surface area contributed by atoms with Gasteiger partial charge in [0.15, 0.2) is 5.82 Å². The molecule has 2 unspecified atom stereocenters. The molecule has 18 heavy (non-hydrogen) atoms. The first-order valence-electron chi connectivity index (χ1n) is 6.30. The molecule has 0 spiro atoms. The summed E-state index contributed by atoms with van der Waals surface area (Å²) in [5, 5.41) is 4.12. The van der Waals surface area contributed by atoms with Gasteiger partial charge in [0, 0.05) is 6.04 Å². The number of anilines is 2. The molecule has 1 aliphatic carbocycles. The average Bonchev–Trinajstić information content (AvgIpc) is 2.87. The summed E-state index contributed by atoms with van der Waals surface area (Å²) in [5.41, 5.74) is 6.12. The molecule has 0 aliphatic heterocycles. The second-order valence-electron chi connectivity index (χ2n) is 4.75. The van der Waals surface area contributed by atoms with E-state index in [-0.39, 0.29) is 5.82 Å². The van der Waals surface area contributed by atoms with Crippen molar-refractivity contribution < 1.29 is 9.53 Å². The van der Waals surface area contributed by atoms with Crippen LogP contribution in [0.25, 0.3) is 0 Å². The molecular weight excluding hydrogens is 250 g/mol. The molecule has 6 heteroatoms. The zero-order valence-corrected chi connectivity index (χ0v) is 11.5. The smallest absolute Gasteiger partial charge is 0.344 e. The van der Waals surface area contributed by atoms with Gasteiger partial charge < -0.3 is 15.8 Å². The van der Waals surface area contributed by atoms with Crippen LogP contribution in [0.2, 0.25) is 0 Å². The fraction of sp³-hybridized carbons (Fsp3) is 0.667. The van der Waals surface area contributed by atoms with Crippen LogP contribution in [0.15, 0.2) is 0 Å². The zero-order chi connectivity index (χ0) is 13.1. The average molecular weight is 269 g/mol. The molecule has 1 aromatic heterocycles. The van der Waals surface area contributed by atoms with Crippen molar-refractivity contribution in [1.82, 2.24) is 4.37 Å². The summed E-state index contributed by atoms with van der Waals surface area (Å²) < 4.78 is 9.04. The molecule has 2 rings (SSSR count). The van der Waals surface area contributed by atoms with E-state index in [0.717, 1.165) is 23.8 Å². The Hall–Kier alpha value is -1.30. The molecule has 1 aliphatic rings. The molecule has 0 bridgehead atoms. The number of carbonyl (C=O) groups excluding carboxylic acids is 1. The lowest BCUT2D eigenvalue weighted by Crippen LogP contribution is -2.17. The number of nitrogens with one attached hydrogen (secondary N) is 1. The van der Waals surface area contributed by atoms with Gasteiger partial charge in [-0.3, -0.25) is 0 Å². The third-order valence-electron chi connectivity index (χ3n) is 3.23. The van der Waals surface area contributed by atoms with E-state index in [0.29, 0.717) is 18.2 Å². The van der Waals surface area contributed by atoms with Crippen molar-refractivity contribution in [1.29, 1.82) is 0 Å². The van der Waals surface area contributed by atoms with Crippen LogP contribution >= 0.6 is 11.5 Å². The predicted octanol–water partition coefficient (Wildman–Crippen LogP) is 2.50. The summed E-state index contributed by atoms with van der Waals surface area (Å²) in [7, 11) is 0. The first-order valence-corrected chi connectivity index (χ1v) is 7.08. The van der Waals surface area contributed by atoms with Crippen molar-refractivity contribution in [2.75, 3.05) is 17.7 Å². The molecule has 1 heterocycles. The minimum Gasteiger partial charge on any atom is -0.462 e. The van der Waals surface area contributed by atoms with Crippen molar-refractivity contribution in [2.45, 2.75) is 39.2 Å².